The predicted molar refractivity (Wildman–Crippen MR) is 137 cm³/mol. The summed E-state index contributed by atoms with van der Waals surface area (Å²) in [6.07, 6.45) is 1.07. The van der Waals surface area contributed by atoms with Gasteiger partial charge in [0, 0.05) is 11.1 Å². The van der Waals surface area contributed by atoms with Crippen molar-refractivity contribution in [3.05, 3.63) is 83.4 Å². The van der Waals surface area contributed by atoms with Crippen LogP contribution in [0.3, 0.4) is 0 Å². The first-order valence-electron chi connectivity index (χ1n) is 11.7. The lowest BCUT2D eigenvalue weighted by atomic mass is 10.1. The van der Waals surface area contributed by atoms with Crippen LogP contribution in [-0.4, -0.2) is 39.8 Å². The summed E-state index contributed by atoms with van der Waals surface area (Å²) in [6, 6.07) is 18.8. The number of carbonyl (C=O) groups excluding carboxylic acids is 2. The first-order valence-corrected chi connectivity index (χ1v) is 11.7. The topological polar surface area (TPSA) is 95.1 Å². The maximum absolute atomic E-state index is 13.1. The zero-order valence-electron chi connectivity index (χ0n) is 21.0. The molecule has 0 aliphatic rings. The van der Waals surface area contributed by atoms with Gasteiger partial charge in [-0.25, -0.2) is 0 Å². The molecule has 0 aromatic heterocycles. The predicted octanol–water partition coefficient (Wildman–Crippen LogP) is 4.75. The van der Waals surface area contributed by atoms with Crippen molar-refractivity contribution in [3.63, 3.8) is 0 Å². The highest BCUT2D eigenvalue weighted by molar-refractivity contribution is 5.97. The molecule has 3 aromatic carbocycles. The quantitative estimate of drug-likeness (QED) is 0.280. The maximum Gasteiger partial charge on any atom is 0.253 e. The highest BCUT2D eigenvalue weighted by Gasteiger charge is 2.21. The Labute approximate surface area is 211 Å². The van der Waals surface area contributed by atoms with E-state index in [4.69, 9.17) is 18.9 Å². The molecule has 3 aromatic rings. The van der Waals surface area contributed by atoms with Gasteiger partial charge in [0.05, 0.1) is 27.9 Å². The highest BCUT2D eigenvalue weighted by atomic mass is 16.5. The van der Waals surface area contributed by atoms with Crippen LogP contribution >= 0.6 is 0 Å². The third-order valence-corrected chi connectivity index (χ3v) is 5.49. The van der Waals surface area contributed by atoms with Crippen molar-refractivity contribution < 1.29 is 28.5 Å². The highest BCUT2D eigenvalue weighted by Crippen LogP contribution is 2.30. The molecule has 0 fully saturated rings. The van der Waals surface area contributed by atoms with E-state index in [1.165, 1.54) is 14.2 Å². The normalized spacial score (nSPS) is 10.5. The van der Waals surface area contributed by atoms with Crippen molar-refractivity contribution in [1.82, 2.24) is 10.6 Å². The number of ether oxygens (including phenoxy) is 4. The summed E-state index contributed by atoms with van der Waals surface area (Å²) < 4.78 is 21.8. The van der Waals surface area contributed by atoms with Crippen molar-refractivity contribution in [3.8, 4) is 23.0 Å². The van der Waals surface area contributed by atoms with Gasteiger partial charge in [-0.05, 0) is 60.5 Å². The average Bonchev–Trinajstić information content (AvgIpc) is 2.92. The zero-order chi connectivity index (χ0) is 25.9. The fourth-order valence-corrected chi connectivity index (χ4v) is 3.47. The Morgan fingerprint density at radius 1 is 0.750 bits per heavy atom. The Balaban J connectivity index is 1.91. The van der Waals surface area contributed by atoms with Gasteiger partial charge in [-0.3, -0.25) is 9.59 Å². The molecular formula is C28H32N2O6. The summed E-state index contributed by atoms with van der Waals surface area (Å²) in [6.45, 7) is 2.65. The summed E-state index contributed by atoms with van der Waals surface area (Å²) in [4.78, 5) is 26.2. The fraction of sp³-hybridized carbons (Fsp3) is 0.286. The molecule has 190 valence electrons. The SMILES string of the molecule is CCCCOc1ccc(C(NC(=O)c2cccc(OC)c2)NC(=O)c2cccc(OC)c2)cc1OC. The van der Waals surface area contributed by atoms with Crippen LogP contribution in [-0.2, 0) is 0 Å². The van der Waals surface area contributed by atoms with E-state index in [1.54, 1.807) is 73.8 Å². The largest absolute Gasteiger partial charge is 0.497 e. The second-order valence-electron chi connectivity index (χ2n) is 7.96. The van der Waals surface area contributed by atoms with Gasteiger partial charge in [0.2, 0.25) is 0 Å². The molecule has 8 nitrogen and oxygen atoms in total. The van der Waals surface area contributed by atoms with Gasteiger partial charge in [0.1, 0.15) is 17.7 Å². The minimum atomic E-state index is -0.860. The first kappa shape index (κ1) is 26.4. The van der Waals surface area contributed by atoms with Gasteiger partial charge < -0.3 is 29.6 Å². The fourth-order valence-electron chi connectivity index (χ4n) is 3.47. The molecule has 2 amide bonds. The van der Waals surface area contributed by atoms with Gasteiger partial charge in [0.25, 0.3) is 11.8 Å². The van der Waals surface area contributed by atoms with Crippen molar-refractivity contribution in [2.45, 2.75) is 25.9 Å². The average molecular weight is 493 g/mol. The van der Waals surface area contributed by atoms with Crippen molar-refractivity contribution in [2.24, 2.45) is 0 Å². The van der Waals surface area contributed by atoms with Gasteiger partial charge in [0.15, 0.2) is 11.5 Å². The summed E-state index contributed by atoms with van der Waals surface area (Å²) >= 11 is 0. The van der Waals surface area contributed by atoms with E-state index in [0.717, 1.165) is 12.8 Å². The molecule has 0 saturated heterocycles. The van der Waals surface area contributed by atoms with Crippen LogP contribution in [0.1, 0.15) is 52.2 Å². The van der Waals surface area contributed by atoms with Crippen molar-refractivity contribution in [2.75, 3.05) is 27.9 Å². The van der Waals surface area contributed by atoms with E-state index in [1.807, 2.05) is 0 Å². The van der Waals surface area contributed by atoms with Gasteiger partial charge in [-0.1, -0.05) is 31.5 Å². The smallest absolute Gasteiger partial charge is 0.253 e. The molecular weight excluding hydrogens is 460 g/mol. The monoisotopic (exact) mass is 492 g/mol. The van der Waals surface area contributed by atoms with Crippen LogP contribution in [0.2, 0.25) is 0 Å². The minimum Gasteiger partial charge on any atom is -0.497 e. The molecule has 0 aliphatic heterocycles. The van der Waals surface area contributed by atoms with Crippen molar-refractivity contribution >= 4 is 11.8 Å². The second-order valence-corrected chi connectivity index (χ2v) is 7.96. The van der Waals surface area contributed by atoms with E-state index in [0.29, 0.717) is 46.3 Å². The number of unbranched alkanes of at least 4 members (excludes halogenated alkanes) is 1. The molecule has 0 aliphatic carbocycles. The molecule has 0 spiro atoms. The molecule has 0 bridgehead atoms. The summed E-state index contributed by atoms with van der Waals surface area (Å²) in [5, 5.41) is 5.80. The van der Waals surface area contributed by atoms with E-state index in [-0.39, 0.29) is 11.8 Å². The van der Waals surface area contributed by atoms with Crippen molar-refractivity contribution in [1.29, 1.82) is 0 Å². The molecule has 0 unspecified atom stereocenters. The molecule has 8 heteroatoms. The summed E-state index contributed by atoms with van der Waals surface area (Å²) in [7, 11) is 4.61. The van der Waals surface area contributed by atoms with E-state index in [9.17, 15) is 9.59 Å². The lowest BCUT2D eigenvalue weighted by molar-refractivity contribution is 0.0883. The number of methoxy groups -OCH3 is 3. The van der Waals surface area contributed by atoms with Crippen LogP contribution in [0.4, 0.5) is 0 Å². The lowest BCUT2D eigenvalue weighted by Gasteiger charge is -2.22. The number of nitrogens with one attached hydrogen (secondary N) is 2. The number of rotatable bonds is 12. The lowest BCUT2D eigenvalue weighted by Crippen LogP contribution is -2.41. The van der Waals surface area contributed by atoms with Gasteiger partial charge in [-0.15, -0.1) is 0 Å². The Morgan fingerprint density at radius 3 is 1.83 bits per heavy atom. The van der Waals surface area contributed by atoms with Gasteiger partial charge >= 0.3 is 0 Å². The zero-order valence-corrected chi connectivity index (χ0v) is 21.0. The number of benzene rings is 3. The van der Waals surface area contributed by atoms with Crippen LogP contribution in [0.5, 0.6) is 23.0 Å². The maximum atomic E-state index is 13.1. The summed E-state index contributed by atoms with van der Waals surface area (Å²) in [5.41, 5.74) is 1.39. The molecule has 0 atom stereocenters. The standard InChI is InChI=1S/C28H32N2O6/c1-5-6-15-36-24-14-13-19(18-25(24)35-4)26(29-27(31)20-9-7-11-22(16-20)33-2)30-28(32)21-10-8-12-23(17-21)34-3/h7-14,16-18,26H,5-6,15H2,1-4H3,(H,29,31)(H,30,32). The Kier molecular flexibility index (Phi) is 9.56. The first-order chi connectivity index (χ1) is 17.5. The number of hydrogen-bond donors (Lipinski definition) is 2. The van der Waals surface area contributed by atoms with Crippen LogP contribution in [0, 0.1) is 0 Å². The molecule has 36 heavy (non-hydrogen) atoms. The molecule has 3 rings (SSSR count). The van der Waals surface area contributed by atoms with Crippen LogP contribution in [0.15, 0.2) is 66.7 Å². The Bertz CT molecular complexity index is 1120. The number of carbonyl (C=O) groups is 2. The van der Waals surface area contributed by atoms with Crippen LogP contribution < -0.4 is 29.6 Å². The Morgan fingerprint density at radius 2 is 1.33 bits per heavy atom. The van der Waals surface area contributed by atoms with E-state index in [2.05, 4.69) is 17.6 Å². The molecule has 0 heterocycles. The molecule has 0 saturated carbocycles. The second kappa shape index (κ2) is 13.0. The van der Waals surface area contributed by atoms with E-state index >= 15 is 0 Å². The third-order valence-electron chi connectivity index (χ3n) is 5.49. The third kappa shape index (κ3) is 6.91. The minimum absolute atomic E-state index is 0.382. The Hall–Kier alpha value is -4.20. The molecule has 0 radical (unpaired) electrons. The molecule has 2 N–H and O–H groups in total. The summed E-state index contributed by atoms with van der Waals surface area (Å²) in [5.74, 6) is 1.43. The number of hydrogen-bond acceptors (Lipinski definition) is 6. The van der Waals surface area contributed by atoms with Gasteiger partial charge in [-0.2, -0.15) is 0 Å². The number of amides is 2. The van der Waals surface area contributed by atoms with Crippen LogP contribution in [0.25, 0.3) is 0 Å². The van der Waals surface area contributed by atoms with E-state index < -0.39 is 6.17 Å².